The molecule has 0 amide bonds. The zero-order valence-corrected chi connectivity index (χ0v) is 12.0. The van der Waals surface area contributed by atoms with E-state index in [9.17, 15) is 8.42 Å². The summed E-state index contributed by atoms with van der Waals surface area (Å²) in [4.78, 5) is 0. The van der Waals surface area contributed by atoms with Crippen molar-refractivity contribution in [3.63, 3.8) is 0 Å². The molecule has 0 bridgehead atoms. The summed E-state index contributed by atoms with van der Waals surface area (Å²) in [6.07, 6.45) is 1.17. The van der Waals surface area contributed by atoms with Crippen LogP contribution in [0.15, 0.2) is 28.7 Å². The maximum Gasteiger partial charge on any atom is 0.153 e. The topological polar surface area (TPSA) is 88.8 Å². The second kappa shape index (κ2) is 4.74. The number of nitrogens with two attached hydrogens (primary N) is 1. The van der Waals surface area contributed by atoms with Crippen LogP contribution in [0.25, 0.3) is 11.1 Å². The highest BCUT2D eigenvalue weighted by Gasteiger charge is 2.18. The van der Waals surface area contributed by atoms with Gasteiger partial charge in [0.1, 0.15) is 0 Å². The number of nitrogens with one attached hydrogen (secondary N) is 1. The van der Waals surface area contributed by atoms with Gasteiger partial charge in [0.25, 0.3) is 0 Å². The van der Waals surface area contributed by atoms with Gasteiger partial charge in [0.2, 0.25) is 0 Å². The first-order chi connectivity index (χ1) is 8.38. The van der Waals surface area contributed by atoms with Gasteiger partial charge in [-0.3, -0.25) is 5.10 Å². The molecule has 5 nitrogen and oxygen atoms in total. The van der Waals surface area contributed by atoms with E-state index < -0.39 is 9.84 Å². The minimum Gasteiger partial charge on any atom is -0.382 e. The van der Waals surface area contributed by atoms with Crippen molar-refractivity contribution in [1.29, 1.82) is 0 Å². The lowest BCUT2D eigenvalue weighted by Gasteiger charge is -2.05. The van der Waals surface area contributed by atoms with Gasteiger partial charge in [-0.2, -0.15) is 5.10 Å². The first kappa shape index (κ1) is 13.1. The number of aromatic amines is 1. The molecule has 0 unspecified atom stereocenters. The molecular formula is C11H12BrN3O2S. The van der Waals surface area contributed by atoms with E-state index in [-0.39, 0.29) is 5.75 Å². The van der Waals surface area contributed by atoms with Crippen molar-refractivity contribution in [3.05, 3.63) is 34.4 Å². The predicted molar refractivity (Wildman–Crippen MR) is 74.7 cm³/mol. The van der Waals surface area contributed by atoms with Gasteiger partial charge in [0.15, 0.2) is 15.7 Å². The van der Waals surface area contributed by atoms with Gasteiger partial charge < -0.3 is 5.73 Å². The highest BCUT2D eigenvalue weighted by Crippen LogP contribution is 2.34. The Morgan fingerprint density at radius 3 is 2.67 bits per heavy atom. The fourth-order valence-corrected chi connectivity index (χ4v) is 2.94. The number of hydrogen-bond donors (Lipinski definition) is 2. The molecule has 0 aliphatic rings. The average molecular weight is 330 g/mol. The van der Waals surface area contributed by atoms with Crippen molar-refractivity contribution in [3.8, 4) is 11.1 Å². The average Bonchev–Trinajstić information content (AvgIpc) is 2.59. The zero-order valence-electron chi connectivity index (χ0n) is 9.64. The molecule has 0 fully saturated rings. The van der Waals surface area contributed by atoms with Crippen molar-refractivity contribution < 1.29 is 8.42 Å². The molecule has 2 rings (SSSR count). The van der Waals surface area contributed by atoms with Gasteiger partial charge in [0.05, 0.1) is 11.4 Å². The van der Waals surface area contributed by atoms with Crippen LogP contribution in [0.2, 0.25) is 0 Å². The third-order valence-corrected chi connectivity index (χ3v) is 3.92. The molecule has 7 heteroatoms. The Morgan fingerprint density at radius 1 is 1.39 bits per heavy atom. The number of sulfone groups is 1. The Morgan fingerprint density at radius 2 is 2.06 bits per heavy atom. The predicted octanol–water partition coefficient (Wildman–Crippen LogP) is 1.97. The summed E-state index contributed by atoms with van der Waals surface area (Å²) in [5, 5.41) is 6.57. The Labute approximate surface area is 113 Å². The number of benzene rings is 1. The van der Waals surface area contributed by atoms with Crippen molar-refractivity contribution in [2.24, 2.45) is 0 Å². The molecular weight excluding hydrogens is 318 g/mol. The Kier molecular flexibility index (Phi) is 3.45. The van der Waals surface area contributed by atoms with Crippen LogP contribution in [0.5, 0.6) is 0 Å². The Balaban J connectivity index is 2.58. The molecule has 3 N–H and O–H groups in total. The van der Waals surface area contributed by atoms with Crippen LogP contribution in [-0.4, -0.2) is 24.9 Å². The Hall–Kier alpha value is -1.34. The largest absolute Gasteiger partial charge is 0.382 e. The number of hydrogen-bond acceptors (Lipinski definition) is 4. The second-order valence-corrected chi connectivity index (χ2v) is 7.01. The molecule has 1 aromatic carbocycles. The number of H-pyrrole nitrogens is 1. The van der Waals surface area contributed by atoms with E-state index in [1.807, 2.05) is 24.3 Å². The normalized spacial score (nSPS) is 11.7. The van der Waals surface area contributed by atoms with Gasteiger partial charge in [-0.25, -0.2) is 8.42 Å². The molecule has 0 aliphatic heterocycles. The van der Waals surface area contributed by atoms with Crippen LogP contribution in [0.1, 0.15) is 5.69 Å². The summed E-state index contributed by atoms with van der Waals surface area (Å²) in [5.74, 6) is 0.175. The van der Waals surface area contributed by atoms with Crippen LogP contribution in [-0.2, 0) is 15.6 Å². The number of aromatic nitrogens is 2. The lowest BCUT2D eigenvalue weighted by molar-refractivity contribution is 0.600. The summed E-state index contributed by atoms with van der Waals surface area (Å²) in [6.45, 7) is 0. The second-order valence-electron chi connectivity index (χ2n) is 4.01. The standard InChI is InChI=1S/C11H12BrN3O2S/c1-18(16,17)6-9-10(11(13)15-14-9)7-4-2-3-5-8(7)12/h2-5H,6H2,1H3,(H3,13,14,15). The first-order valence-corrected chi connectivity index (χ1v) is 7.99. The van der Waals surface area contributed by atoms with Gasteiger partial charge >= 0.3 is 0 Å². The maximum absolute atomic E-state index is 11.4. The van der Waals surface area contributed by atoms with Crippen molar-refractivity contribution in [2.75, 3.05) is 12.0 Å². The smallest absolute Gasteiger partial charge is 0.153 e. The van der Waals surface area contributed by atoms with Gasteiger partial charge in [-0.15, -0.1) is 0 Å². The molecule has 0 atom stereocenters. The highest BCUT2D eigenvalue weighted by atomic mass is 79.9. The van der Waals surface area contributed by atoms with Gasteiger partial charge in [-0.1, -0.05) is 34.1 Å². The van der Waals surface area contributed by atoms with Crippen LogP contribution >= 0.6 is 15.9 Å². The summed E-state index contributed by atoms with van der Waals surface area (Å²) >= 11 is 3.42. The van der Waals surface area contributed by atoms with Crippen LogP contribution < -0.4 is 5.73 Å². The van der Waals surface area contributed by atoms with E-state index in [0.29, 0.717) is 17.1 Å². The number of anilines is 1. The van der Waals surface area contributed by atoms with Crippen molar-refractivity contribution in [1.82, 2.24) is 10.2 Å². The van der Waals surface area contributed by atoms with E-state index >= 15 is 0 Å². The van der Waals surface area contributed by atoms with Gasteiger partial charge in [0, 0.05) is 21.9 Å². The van der Waals surface area contributed by atoms with E-state index in [1.165, 1.54) is 6.26 Å². The SMILES string of the molecule is CS(=O)(=O)Cc1[nH]nc(N)c1-c1ccccc1Br. The Bertz CT molecular complexity index is 679. The van der Waals surface area contributed by atoms with Crippen LogP contribution in [0.4, 0.5) is 5.82 Å². The van der Waals surface area contributed by atoms with Crippen LogP contribution in [0, 0.1) is 0 Å². The van der Waals surface area contributed by atoms with E-state index in [0.717, 1.165) is 10.0 Å². The summed E-state index contributed by atoms with van der Waals surface area (Å²) < 4.78 is 23.6. The third-order valence-electron chi connectivity index (χ3n) is 2.42. The number of rotatable bonds is 3. The fourth-order valence-electron chi connectivity index (χ4n) is 1.73. The van der Waals surface area contributed by atoms with Crippen LogP contribution in [0.3, 0.4) is 0 Å². The summed E-state index contributed by atoms with van der Waals surface area (Å²) in [7, 11) is -3.15. The third kappa shape index (κ3) is 2.73. The number of halogens is 1. The number of nitrogens with zero attached hydrogens (tertiary/aromatic N) is 1. The molecule has 0 radical (unpaired) electrons. The molecule has 0 saturated heterocycles. The molecule has 1 heterocycles. The van der Waals surface area contributed by atoms with Crippen molar-refractivity contribution >= 4 is 31.6 Å². The monoisotopic (exact) mass is 329 g/mol. The minimum absolute atomic E-state index is 0.117. The molecule has 0 aliphatic carbocycles. The molecule has 1 aromatic heterocycles. The first-order valence-electron chi connectivity index (χ1n) is 5.14. The van der Waals surface area contributed by atoms with Crippen molar-refractivity contribution in [2.45, 2.75) is 5.75 Å². The molecule has 96 valence electrons. The maximum atomic E-state index is 11.4. The minimum atomic E-state index is -3.15. The van der Waals surface area contributed by atoms with E-state index in [4.69, 9.17) is 5.73 Å². The quantitative estimate of drug-likeness (QED) is 0.900. The van der Waals surface area contributed by atoms with E-state index in [1.54, 1.807) is 0 Å². The molecule has 0 spiro atoms. The fraction of sp³-hybridized carbons (Fsp3) is 0.182. The highest BCUT2D eigenvalue weighted by molar-refractivity contribution is 9.10. The number of nitrogen functional groups attached to an aromatic ring is 1. The zero-order chi connectivity index (χ0) is 13.3. The molecule has 2 aromatic rings. The van der Waals surface area contributed by atoms with E-state index in [2.05, 4.69) is 26.1 Å². The summed E-state index contributed by atoms with van der Waals surface area (Å²) in [5.41, 5.74) is 7.76. The molecule has 0 saturated carbocycles. The molecule has 18 heavy (non-hydrogen) atoms. The van der Waals surface area contributed by atoms with Gasteiger partial charge in [-0.05, 0) is 6.07 Å². The summed E-state index contributed by atoms with van der Waals surface area (Å²) in [6, 6.07) is 7.46. The lowest BCUT2D eigenvalue weighted by atomic mass is 10.1. The lowest BCUT2D eigenvalue weighted by Crippen LogP contribution is -2.02.